The van der Waals surface area contributed by atoms with E-state index in [-0.39, 0.29) is 16.2 Å². The second-order valence-corrected chi connectivity index (χ2v) is 18.7. The normalized spacial score (nSPS) is 16.0. The molecule has 11 rings (SSSR count). The van der Waals surface area contributed by atoms with Crippen LogP contribution in [-0.2, 0) is 16.2 Å². The molecule has 0 bridgehead atoms. The maximum atomic E-state index is 5.01. The molecular weight excluding hydrogens is 695 g/mol. The molecule has 8 aromatic rings. The Labute approximate surface area is 334 Å². The lowest BCUT2D eigenvalue weighted by Crippen LogP contribution is -2.17. The summed E-state index contributed by atoms with van der Waals surface area (Å²) in [4.78, 5) is 5.01. The first kappa shape index (κ1) is 33.5. The molecule has 7 aromatic carbocycles. The van der Waals surface area contributed by atoms with Crippen LogP contribution in [-0.4, -0.2) is 4.98 Å². The zero-order valence-corrected chi connectivity index (χ0v) is 33.6. The Morgan fingerprint density at radius 3 is 1.45 bits per heavy atom. The Morgan fingerprint density at radius 2 is 0.839 bits per heavy atom. The summed E-state index contributed by atoms with van der Waals surface area (Å²) in [7, 11) is 0. The van der Waals surface area contributed by atoms with Gasteiger partial charge < -0.3 is 0 Å². The van der Waals surface area contributed by atoms with E-state index in [0.29, 0.717) is 0 Å². The molecular formula is C54H43NS. The van der Waals surface area contributed by atoms with Gasteiger partial charge in [0.2, 0.25) is 0 Å². The van der Waals surface area contributed by atoms with E-state index < -0.39 is 0 Å². The van der Waals surface area contributed by atoms with Crippen LogP contribution in [0.3, 0.4) is 0 Å². The molecule has 0 saturated carbocycles. The molecule has 0 radical (unpaired) electrons. The van der Waals surface area contributed by atoms with E-state index in [1.807, 2.05) is 0 Å². The predicted octanol–water partition coefficient (Wildman–Crippen LogP) is 14.7. The third-order valence-corrected chi connectivity index (χ3v) is 14.4. The lowest BCUT2D eigenvalue weighted by molar-refractivity contribution is 0.649. The quantitative estimate of drug-likeness (QED) is 0.164. The van der Waals surface area contributed by atoms with Gasteiger partial charge in [-0.25, -0.2) is 4.98 Å². The molecule has 0 fully saturated rings. The predicted molar refractivity (Wildman–Crippen MR) is 239 cm³/mol. The highest BCUT2D eigenvalue weighted by molar-refractivity contribution is 7.21. The molecule has 0 spiro atoms. The number of fused-ring (bicyclic) bond motifs is 10. The van der Waals surface area contributed by atoms with E-state index in [0.717, 1.165) is 10.5 Å². The largest absolute Gasteiger partial charge is 0.236 e. The van der Waals surface area contributed by atoms with Crippen LogP contribution in [0.25, 0.3) is 77.4 Å². The van der Waals surface area contributed by atoms with Crippen molar-refractivity contribution in [2.24, 2.45) is 0 Å². The second kappa shape index (κ2) is 11.6. The average Bonchev–Trinajstić information content (AvgIpc) is 3.88. The molecule has 270 valence electrons. The van der Waals surface area contributed by atoms with E-state index in [9.17, 15) is 0 Å². The van der Waals surface area contributed by atoms with Crippen LogP contribution in [0.5, 0.6) is 0 Å². The van der Waals surface area contributed by atoms with Gasteiger partial charge in [-0.1, -0.05) is 151 Å². The molecule has 3 aliphatic carbocycles. The summed E-state index contributed by atoms with van der Waals surface area (Å²) in [5, 5.41) is 1.09. The zero-order valence-electron chi connectivity index (χ0n) is 32.8. The monoisotopic (exact) mass is 737 g/mol. The highest BCUT2D eigenvalue weighted by Gasteiger charge is 2.44. The summed E-state index contributed by atoms with van der Waals surface area (Å²) in [6.45, 7) is 14.5. The maximum Gasteiger partial charge on any atom is 0.124 e. The number of rotatable bonds is 4. The second-order valence-electron chi connectivity index (χ2n) is 17.6. The Bertz CT molecular complexity index is 2940. The van der Waals surface area contributed by atoms with Crippen LogP contribution < -0.4 is 0 Å². The van der Waals surface area contributed by atoms with Gasteiger partial charge >= 0.3 is 0 Å². The van der Waals surface area contributed by atoms with Gasteiger partial charge in [0.15, 0.2) is 0 Å². The van der Waals surface area contributed by atoms with Crippen LogP contribution >= 0.6 is 11.3 Å². The molecule has 0 N–H and O–H groups in total. The van der Waals surface area contributed by atoms with E-state index in [4.69, 9.17) is 4.98 Å². The van der Waals surface area contributed by atoms with Crippen molar-refractivity contribution in [2.45, 2.75) is 57.8 Å². The number of hydrogen-bond donors (Lipinski definition) is 0. The Balaban J connectivity index is 0.941. The van der Waals surface area contributed by atoms with E-state index in [1.165, 1.54) is 99.3 Å². The van der Waals surface area contributed by atoms with Crippen molar-refractivity contribution in [1.82, 2.24) is 4.98 Å². The fourth-order valence-corrected chi connectivity index (χ4v) is 11.0. The molecule has 2 heteroatoms. The lowest BCUT2D eigenvalue weighted by Gasteiger charge is -2.25. The van der Waals surface area contributed by atoms with Crippen LogP contribution in [0.1, 0.15) is 86.1 Å². The van der Waals surface area contributed by atoms with Gasteiger partial charge in [-0.2, -0.15) is 0 Å². The minimum absolute atomic E-state index is 0.114. The first-order chi connectivity index (χ1) is 27.0. The third kappa shape index (κ3) is 4.75. The van der Waals surface area contributed by atoms with Crippen LogP contribution in [0.4, 0.5) is 0 Å². The maximum absolute atomic E-state index is 5.01. The van der Waals surface area contributed by atoms with Crippen LogP contribution in [0, 0.1) is 0 Å². The minimum atomic E-state index is -0.126. The van der Waals surface area contributed by atoms with Gasteiger partial charge in [0.25, 0.3) is 0 Å². The summed E-state index contributed by atoms with van der Waals surface area (Å²) in [6.07, 6.45) is 4.50. The van der Waals surface area contributed by atoms with E-state index >= 15 is 0 Å². The molecule has 56 heavy (non-hydrogen) atoms. The zero-order chi connectivity index (χ0) is 38.1. The van der Waals surface area contributed by atoms with Crippen LogP contribution in [0.15, 0.2) is 140 Å². The fraction of sp³-hybridized carbons (Fsp3) is 0.167. The smallest absolute Gasteiger partial charge is 0.124 e. The summed E-state index contributed by atoms with van der Waals surface area (Å²) in [5.74, 6) is 0. The summed E-state index contributed by atoms with van der Waals surface area (Å²) in [6, 6.07) is 52.2. The van der Waals surface area contributed by atoms with Crippen molar-refractivity contribution in [2.75, 3.05) is 0 Å². The number of benzene rings is 7. The van der Waals surface area contributed by atoms with Crippen molar-refractivity contribution < 1.29 is 0 Å². The molecule has 0 saturated heterocycles. The van der Waals surface area contributed by atoms with Gasteiger partial charge in [0.1, 0.15) is 5.01 Å². The van der Waals surface area contributed by atoms with Crippen LogP contribution in [0.2, 0.25) is 0 Å². The van der Waals surface area contributed by atoms with Crippen molar-refractivity contribution in [3.8, 4) is 55.1 Å². The fourth-order valence-electron chi connectivity index (χ4n) is 10.0. The highest BCUT2D eigenvalue weighted by atomic mass is 32.1. The SMILES string of the molecule is CC1(C)c2cc(C=Cc3ccc(-c4ccccc4)cc3)ccc2-c2cc3c(cc21)-c1cc2c(cc1C3(C)C)-c1ccc(-c3nc4ccccc4s3)cc1C2(C)C. The van der Waals surface area contributed by atoms with Crippen molar-refractivity contribution in [3.63, 3.8) is 0 Å². The number of thiazole rings is 1. The number of para-hydroxylation sites is 1. The van der Waals surface area contributed by atoms with E-state index in [2.05, 4.69) is 193 Å². The Morgan fingerprint density at radius 1 is 0.393 bits per heavy atom. The highest BCUT2D eigenvalue weighted by Crippen LogP contribution is 2.59. The standard InChI is InChI=1S/C54H43NS/c1-52(2)43-26-33(17-16-32-18-21-35(22-19-32)34-12-8-7-9-13-34)20-24-37(43)39-28-47-41(30-45(39)52)42-31-46-40(29-48(42)54(47,5)6)38-25-23-36(27-44(38)53(46,3)4)51-55-49-14-10-11-15-50(49)56-51/h7-31H,1-6H3. The van der Waals surface area contributed by atoms with Crippen molar-refractivity contribution in [3.05, 3.63) is 184 Å². The average molecular weight is 738 g/mol. The molecule has 0 aliphatic heterocycles. The molecule has 0 unspecified atom stereocenters. The molecule has 0 amide bonds. The number of hydrogen-bond acceptors (Lipinski definition) is 2. The first-order valence-corrected chi connectivity index (χ1v) is 20.7. The lowest BCUT2D eigenvalue weighted by atomic mass is 9.78. The van der Waals surface area contributed by atoms with Gasteiger partial charge in [-0.05, 0) is 131 Å². The molecule has 1 aromatic heterocycles. The van der Waals surface area contributed by atoms with Gasteiger partial charge in [-0.15, -0.1) is 11.3 Å². The summed E-state index contributed by atoms with van der Waals surface area (Å²) in [5.41, 5.74) is 23.7. The summed E-state index contributed by atoms with van der Waals surface area (Å²) < 4.78 is 1.24. The molecule has 1 nitrogen and oxygen atoms in total. The van der Waals surface area contributed by atoms with Gasteiger partial charge in [0, 0.05) is 21.8 Å². The number of aromatic nitrogens is 1. The van der Waals surface area contributed by atoms with Crippen molar-refractivity contribution >= 4 is 33.7 Å². The topological polar surface area (TPSA) is 12.9 Å². The Hall–Kier alpha value is -5.83. The van der Waals surface area contributed by atoms with E-state index in [1.54, 1.807) is 11.3 Å². The first-order valence-electron chi connectivity index (χ1n) is 19.9. The minimum Gasteiger partial charge on any atom is -0.236 e. The third-order valence-electron chi connectivity index (χ3n) is 13.3. The summed E-state index contributed by atoms with van der Waals surface area (Å²) >= 11 is 1.78. The van der Waals surface area contributed by atoms with Gasteiger partial charge in [0.05, 0.1) is 10.2 Å². The Kier molecular flexibility index (Phi) is 6.94. The molecule has 3 aliphatic rings. The van der Waals surface area contributed by atoms with Gasteiger partial charge in [-0.3, -0.25) is 0 Å². The molecule has 0 atom stereocenters. The van der Waals surface area contributed by atoms with Crippen molar-refractivity contribution in [1.29, 1.82) is 0 Å². The number of nitrogens with zero attached hydrogens (tertiary/aromatic N) is 1. The molecule has 1 heterocycles.